The van der Waals surface area contributed by atoms with Crippen molar-refractivity contribution in [2.24, 2.45) is 0 Å². The molecule has 0 spiro atoms. The van der Waals surface area contributed by atoms with Gasteiger partial charge in [-0.1, -0.05) is 60.6 Å². The minimum Gasteiger partial charge on any atom is -0.496 e. The molecule has 0 saturated heterocycles. The van der Waals surface area contributed by atoms with Crippen LogP contribution in [0, 0.1) is 0 Å². The molecule has 2 rings (SSSR count). The van der Waals surface area contributed by atoms with Crippen LogP contribution in [0.1, 0.15) is 18.0 Å². The Balaban J connectivity index is 2.17. The van der Waals surface area contributed by atoms with Gasteiger partial charge in [0.15, 0.2) is 0 Å². The summed E-state index contributed by atoms with van der Waals surface area (Å²) in [6.07, 6.45) is 0. The van der Waals surface area contributed by atoms with E-state index < -0.39 is 0 Å². The molecule has 1 unspecified atom stereocenters. The highest BCUT2D eigenvalue weighted by Gasteiger charge is 2.12. The lowest BCUT2D eigenvalue weighted by Crippen LogP contribution is -2.20. The van der Waals surface area contributed by atoms with Crippen LogP contribution in [0.5, 0.6) is 5.75 Å². The van der Waals surface area contributed by atoms with Gasteiger partial charge >= 0.3 is 0 Å². The Bertz CT molecular complexity index is 467. The van der Waals surface area contributed by atoms with E-state index in [4.69, 9.17) is 4.74 Å². The van der Waals surface area contributed by atoms with Gasteiger partial charge in [-0.05, 0) is 17.2 Å². The summed E-state index contributed by atoms with van der Waals surface area (Å²) in [5.74, 6) is 0.989. The minimum atomic E-state index is 0.494. The number of para-hydroxylation sites is 1. The molecule has 0 N–H and O–H groups in total. The quantitative estimate of drug-likeness (QED) is 0.747. The van der Waals surface area contributed by atoms with Gasteiger partial charge in [-0.3, -0.25) is 0 Å². The zero-order valence-corrected chi connectivity index (χ0v) is 11.2. The van der Waals surface area contributed by atoms with Gasteiger partial charge in [0.1, 0.15) is 5.75 Å². The average molecular weight is 240 g/mol. The third-order valence-corrected chi connectivity index (χ3v) is 4.17. The standard InChI is InChI=1S/C15H16OSi/c1-12(17-13-8-4-3-5-9-13)14-10-6-7-11-15(14)16-2/h3-12H,1-2H3. The zero-order valence-electron chi connectivity index (χ0n) is 10.2. The molecule has 2 aromatic rings. The molecular weight excluding hydrogens is 224 g/mol. The van der Waals surface area contributed by atoms with Crippen molar-refractivity contribution in [3.8, 4) is 5.75 Å². The normalized spacial score (nSPS) is 12.1. The molecule has 1 atom stereocenters. The van der Waals surface area contributed by atoms with Crippen LogP contribution in [0.3, 0.4) is 0 Å². The van der Waals surface area contributed by atoms with Gasteiger partial charge in [-0.25, -0.2) is 0 Å². The van der Waals surface area contributed by atoms with Gasteiger partial charge in [0.05, 0.1) is 16.6 Å². The molecule has 0 aliphatic carbocycles. The minimum absolute atomic E-state index is 0.494. The Morgan fingerprint density at radius 2 is 1.59 bits per heavy atom. The number of benzene rings is 2. The van der Waals surface area contributed by atoms with E-state index in [0.717, 1.165) is 15.3 Å². The summed E-state index contributed by atoms with van der Waals surface area (Å²) in [6.45, 7) is 2.25. The second kappa shape index (κ2) is 5.69. The molecule has 2 aromatic carbocycles. The van der Waals surface area contributed by atoms with E-state index in [2.05, 4.69) is 49.4 Å². The van der Waals surface area contributed by atoms with E-state index in [1.54, 1.807) is 7.11 Å². The topological polar surface area (TPSA) is 9.23 Å². The summed E-state index contributed by atoms with van der Waals surface area (Å²) in [7, 11) is 2.51. The van der Waals surface area contributed by atoms with Crippen molar-refractivity contribution in [3.63, 3.8) is 0 Å². The maximum absolute atomic E-state index is 5.41. The van der Waals surface area contributed by atoms with Crippen LogP contribution in [-0.4, -0.2) is 16.6 Å². The largest absolute Gasteiger partial charge is 0.496 e. The van der Waals surface area contributed by atoms with Gasteiger partial charge in [-0.2, -0.15) is 0 Å². The molecule has 1 nitrogen and oxygen atoms in total. The van der Waals surface area contributed by atoms with Gasteiger partial charge < -0.3 is 4.74 Å². The molecule has 0 fully saturated rings. The Morgan fingerprint density at radius 3 is 2.29 bits per heavy atom. The summed E-state index contributed by atoms with van der Waals surface area (Å²) in [6, 6.07) is 18.9. The summed E-state index contributed by atoms with van der Waals surface area (Å²) in [5.41, 5.74) is 1.78. The second-order valence-corrected chi connectivity index (χ2v) is 5.71. The van der Waals surface area contributed by atoms with E-state index in [-0.39, 0.29) is 0 Å². The van der Waals surface area contributed by atoms with E-state index in [1.165, 1.54) is 10.8 Å². The second-order valence-electron chi connectivity index (χ2n) is 3.97. The van der Waals surface area contributed by atoms with Gasteiger partial charge in [0.25, 0.3) is 0 Å². The lowest BCUT2D eigenvalue weighted by atomic mass is 10.1. The molecule has 0 aromatic heterocycles. The molecule has 0 aliphatic heterocycles. The highest BCUT2D eigenvalue weighted by molar-refractivity contribution is 6.55. The zero-order chi connectivity index (χ0) is 12.1. The van der Waals surface area contributed by atoms with Crippen LogP contribution in [-0.2, 0) is 0 Å². The lowest BCUT2D eigenvalue weighted by molar-refractivity contribution is 0.409. The fourth-order valence-electron chi connectivity index (χ4n) is 1.89. The van der Waals surface area contributed by atoms with E-state index in [9.17, 15) is 0 Å². The maximum Gasteiger partial charge on any atom is 0.122 e. The predicted molar refractivity (Wildman–Crippen MR) is 73.2 cm³/mol. The van der Waals surface area contributed by atoms with Crippen LogP contribution >= 0.6 is 0 Å². The van der Waals surface area contributed by atoms with E-state index >= 15 is 0 Å². The van der Waals surface area contributed by atoms with Gasteiger partial charge in [0, 0.05) is 0 Å². The fourth-order valence-corrected chi connectivity index (χ4v) is 3.17. The average Bonchev–Trinajstić information content (AvgIpc) is 2.40. The van der Waals surface area contributed by atoms with Crippen LogP contribution in [0.15, 0.2) is 54.6 Å². The number of ether oxygens (including phenoxy) is 1. The predicted octanol–water partition coefficient (Wildman–Crippen LogP) is 2.79. The van der Waals surface area contributed by atoms with Crippen molar-refractivity contribution in [2.75, 3.05) is 7.11 Å². The van der Waals surface area contributed by atoms with Crippen molar-refractivity contribution in [1.29, 1.82) is 0 Å². The summed E-state index contributed by atoms with van der Waals surface area (Å²) >= 11 is 0. The molecule has 17 heavy (non-hydrogen) atoms. The van der Waals surface area contributed by atoms with Crippen LogP contribution in [0.4, 0.5) is 0 Å². The fraction of sp³-hybridized carbons (Fsp3) is 0.200. The SMILES string of the molecule is COc1ccccc1C(C)[Si]c1ccccc1. The molecule has 0 amide bonds. The highest BCUT2D eigenvalue weighted by atomic mass is 28.2. The first-order valence-electron chi connectivity index (χ1n) is 5.76. The Kier molecular flexibility index (Phi) is 3.99. The van der Waals surface area contributed by atoms with Crippen molar-refractivity contribution >= 4 is 14.7 Å². The Morgan fingerprint density at radius 1 is 0.941 bits per heavy atom. The maximum atomic E-state index is 5.41. The van der Waals surface area contributed by atoms with Gasteiger partial charge in [0.2, 0.25) is 0 Å². The highest BCUT2D eigenvalue weighted by Crippen LogP contribution is 2.24. The number of hydrogen-bond donors (Lipinski definition) is 0. The Hall–Kier alpha value is -1.54. The first-order chi connectivity index (χ1) is 8.31. The molecule has 0 saturated carbocycles. The molecule has 86 valence electrons. The molecule has 0 aliphatic rings. The third kappa shape index (κ3) is 2.98. The first kappa shape index (κ1) is 11.9. The van der Waals surface area contributed by atoms with Crippen molar-refractivity contribution in [2.45, 2.75) is 12.5 Å². The van der Waals surface area contributed by atoms with E-state index in [0.29, 0.717) is 5.54 Å². The third-order valence-electron chi connectivity index (χ3n) is 2.76. The summed E-state index contributed by atoms with van der Waals surface area (Å²) in [5, 5.41) is 1.39. The van der Waals surface area contributed by atoms with E-state index in [1.807, 2.05) is 12.1 Å². The van der Waals surface area contributed by atoms with Crippen LogP contribution < -0.4 is 9.92 Å². The first-order valence-corrected chi connectivity index (χ1v) is 6.83. The number of hydrogen-bond acceptors (Lipinski definition) is 1. The van der Waals surface area contributed by atoms with Crippen LogP contribution in [0.2, 0.25) is 0 Å². The van der Waals surface area contributed by atoms with Crippen molar-refractivity contribution in [1.82, 2.24) is 0 Å². The van der Waals surface area contributed by atoms with Crippen molar-refractivity contribution < 1.29 is 4.74 Å². The monoisotopic (exact) mass is 240 g/mol. The van der Waals surface area contributed by atoms with Gasteiger partial charge in [-0.15, -0.1) is 0 Å². The summed E-state index contributed by atoms with van der Waals surface area (Å²) in [4.78, 5) is 0. The smallest absolute Gasteiger partial charge is 0.122 e. The molecule has 0 bridgehead atoms. The lowest BCUT2D eigenvalue weighted by Gasteiger charge is -2.14. The molecule has 0 heterocycles. The number of methoxy groups -OCH3 is 1. The summed E-state index contributed by atoms with van der Waals surface area (Å²) < 4.78 is 5.41. The molecule has 2 heteroatoms. The molecule has 2 radical (unpaired) electrons. The molecular formula is C15H16OSi. The van der Waals surface area contributed by atoms with Crippen LogP contribution in [0.25, 0.3) is 0 Å². The number of rotatable bonds is 4. The Labute approximate surface area is 105 Å². The van der Waals surface area contributed by atoms with Crippen molar-refractivity contribution in [3.05, 3.63) is 60.2 Å².